The standard InChI is InChI=1S/C9H16N2O3.2W/c1-8(12)10-4-3-6-14-7-5-11-9(2)13;;/h1-7H2,(H,10,12)(H,11,13);;/q-2;;. The zero-order chi connectivity index (χ0) is 10.8. The van der Waals surface area contributed by atoms with E-state index in [2.05, 4.69) is 24.5 Å². The minimum Gasteiger partial charge on any atom is -0.381 e. The van der Waals surface area contributed by atoms with E-state index in [1.54, 1.807) is 0 Å². The molecule has 7 heteroatoms. The predicted molar refractivity (Wildman–Crippen MR) is 52.2 cm³/mol. The van der Waals surface area contributed by atoms with Crippen molar-refractivity contribution >= 4 is 11.8 Å². The van der Waals surface area contributed by atoms with Gasteiger partial charge >= 0.3 is 0 Å². The van der Waals surface area contributed by atoms with E-state index in [4.69, 9.17) is 4.74 Å². The van der Waals surface area contributed by atoms with Crippen molar-refractivity contribution in [3.63, 3.8) is 0 Å². The van der Waals surface area contributed by atoms with Crippen molar-refractivity contribution in [1.82, 2.24) is 10.6 Å². The molecule has 0 aliphatic rings. The van der Waals surface area contributed by atoms with Gasteiger partial charge in [-0.1, -0.05) is 0 Å². The normalized spacial score (nSPS) is 8.25. The molecule has 0 spiro atoms. The summed E-state index contributed by atoms with van der Waals surface area (Å²) in [5.41, 5.74) is 0. The molecule has 0 bridgehead atoms. The van der Waals surface area contributed by atoms with Crippen LogP contribution in [0, 0.1) is 13.8 Å². The van der Waals surface area contributed by atoms with E-state index in [0.717, 1.165) is 6.42 Å². The summed E-state index contributed by atoms with van der Waals surface area (Å²) in [5, 5.41) is 5.04. The van der Waals surface area contributed by atoms with Crippen LogP contribution in [-0.4, -0.2) is 38.1 Å². The molecule has 0 fully saturated rings. The molecule has 0 aromatic rings. The Kier molecular flexibility index (Phi) is 20.0. The van der Waals surface area contributed by atoms with Gasteiger partial charge < -0.3 is 38.8 Å². The quantitative estimate of drug-likeness (QED) is 0.316. The number of hydrogen-bond acceptors (Lipinski definition) is 3. The smallest absolute Gasteiger partial charge is 0.0797 e. The van der Waals surface area contributed by atoms with Crippen LogP contribution >= 0.6 is 0 Å². The van der Waals surface area contributed by atoms with E-state index in [1.807, 2.05) is 0 Å². The Bertz CT molecular complexity index is 172. The van der Waals surface area contributed by atoms with Crippen LogP contribution in [0.4, 0.5) is 0 Å². The van der Waals surface area contributed by atoms with Gasteiger partial charge in [0.2, 0.25) is 0 Å². The van der Waals surface area contributed by atoms with Crippen molar-refractivity contribution < 1.29 is 56.5 Å². The molecule has 0 radical (unpaired) electrons. The van der Waals surface area contributed by atoms with E-state index >= 15 is 0 Å². The van der Waals surface area contributed by atoms with Crippen molar-refractivity contribution in [2.45, 2.75) is 6.42 Å². The fourth-order valence-electron chi connectivity index (χ4n) is 0.767. The molecule has 0 rings (SSSR count). The summed E-state index contributed by atoms with van der Waals surface area (Å²) in [6.07, 6.45) is 0.736. The van der Waals surface area contributed by atoms with E-state index in [0.29, 0.717) is 26.3 Å². The first kappa shape index (κ1) is 21.3. The second kappa shape index (κ2) is 15.0. The third kappa shape index (κ3) is 19.6. The molecule has 2 N–H and O–H groups in total. The molecule has 0 aliphatic heterocycles. The Morgan fingerprint density at radius 3 is 1.94 bits per heavy atom. The molecule has 0 aromatic carbocycles. The van der Waals surface area contributed by atoms with Crippen molar-refractivity contribution in [2.75, 3.05) is 26.3 Å². The van der Waals surface area contributed by atoms with Crippen molar-refractivity contribution in [2.24, 2.45) is 0 Å². The number of nitrogens with one attached hydrogen (secondary N) is 2. The van der Waals surface area contributed by atoms with Gasteiger partial charge in [-0.2, -0.15) is 0 Å². The monoisotopic (exact) mass is 568 g/mol. The van der Waals surface area contributed by atoms with Gasteiger partial charge in [-0.05, 0) is 6.42 Å². The molecular formula is C9H16N2O3W2-2. The maximum Gasteiger partial charge on any atom is 0.0797 e. The number of carbonyl (C=O) groups excluding carboxylic acids is 2. The Hall–Kier alpha value is 0.0166. The van der Waals surface area contributed by atoms with Gasteiger partial charge in [-0.15, -0.1) is 0 Å². The third-order valence-electron chi connectivity index (χ3n) is 1.36. The Labute approximate surface area is 125 Å². The molecule has 0 saturated carbocycles. The largest absolute Gasteiger partial charge is 0.381 e. The number of carbonyl (C=O) groups is 2. The molecule has 5 nitrogen and oxygen atoms in total. The maximum atomic E-state index is 10.3. The Morgan fingerprint density at radius 2 is 1.44 bits per heavy atom. The first-order valence-electron chi connectivity index (χ1n) is 4.40. The van der Waals surface area contributed by atoms with Crippen LogP contribution in [0.5, 0.6) is 0 Å². The zero-order valence-electron chi connectivity index (χ0n) is 8.99. The van der Waals surface area contributed by atoms with Crippen molar-refractivity contribution in [3.05, 3.63) is 13.8 Å². The predicted octanol–water partition coefficient (Wildman–Crippen LogP) is -0.711. The Morgan fingerprint density at radius 1 is 0.938 bits per heavy atom. The molecule has 0 saturated heterocycles. The number of rotatable bonds is 7. The topological polar surface area (TPSA) is 67.4 Å². The van der Waals surface area contributed by atoms with Crippen LogP contribution in [0.2, 0.25) is 0 Å². The van der Waals surface area contributed by atoms with E-state index < -0.39 is 0 Å². The minimum atomic E-state index is -0.307. The van der Waals surface area contributed by atoms with Gasteiger partial charge in [0.05, 0.1) is 18.4 Å². The molecule has 0 atom stereocenters. The Balaban J connectivity index is -0.000000845. The van der Waals surface area contributed by atoms with Gasteiger partial charge in [0.15, 0.2) is 0 Å². The molecular weight excluding hydrogens is 552 g/mol. The van der Waals surface area contributed by atoms with Crippen LogP contribution in [0.15, 0.2) is 0 Å². The van der Waals surface area contributed by atoms with Gasteiger partial charge in [0, 0.05) is 61.8 Å². The van der Waals surface area contributed by atoms with Crippen molar-refractivity contribution in [3.8, 4) is 0 Å². The van der Waals surface area contributed by atoms with E-state index in [9.17, 15) is 9.59 Å². The summed E-state index contributed by atoms with van der Waals surface area (Å²) in [6.45, 7) is 8.33. The number of amides is 2. The summed E-state index contributed by atoms with van der Waals surface area (Å²) in [4.78, 5) is 20.7. The molecule has 0 unspecified atom stereocenters. The van der Waals surface area contributed by atoms with Gasteiger partial charge in [0.1, 0.15) is 0 Å². The second-order valence-electron chi connectivity index (χ2n) is 2.67. The summed E-state index contributed by atoms with van der Waals surface area (Å²) >= 11 is 0. The number of ether oxygens (including phenoxy) is 1. The first-order valence-corrected chi connectivity index (χ1v) is 4.40. The van der Waals surface area contributed by atoms with Crippen molar-refractivity contribution in [1.29, 1.82) is 0 Å². The summed E-state index contributed by atoms with van der Waals surface area (Å²) in [7, 11) is 0. The molecule has 0 aliphatic carbocycles. The van der Waals surface area contributed by atoms with Crippen LogP contribution in [-0.2, 0) is 56.5 Å². The summed E-state index contributed by atoms with van der Waals surface area (Å²) in [5.74, 6) is -0.591. The average molecular weight is 568 g/mol. The van der Waals surface area contributed by atoms with E-state index in [1.165, 1.54) is 0 Å². The molecule has 2 amide bonds. The van der Waals surface area contributed by atoms with Gasteiger partial charge in [-0.25, -0.2) is 0 Å². The van der Waals surface area contributed by atoms with Crippen LogP contribution < -0.4 is 10.6 Å². The zero-order valence-corrected chi connectivity index (χ0v) is 14.9. The van der Waals surface area contributed by atoms with Crippen LogP contribution in [0.25, 0.3) is 0 Å². The second-order valence-corrected chi connectivity index (χ2v) is 2.67. The van der Waals surface area contributed by atoms with Crippen LogP contribution in [0.3, 0.4) is 0 Å². The summed E-state index contributed by atoms with van der Waals surface area (Å²) < 4.78 is 5.15. The molecule has 94 valence electrons. The minimum absolute atomic E-state index is 0. The fraction of sp³-hybridized carbons (Fsp3) is 0.556. The van der Waals surface area contributed by atoms with Crippen LogP contribution in [0.1, 0.15) is 6.42 Å². The van der Waals surface area contributed by atoms with Gasteiger partial charge in [0.25, 0.3) is 0 Å². The SMILES string of the molecule is [CH2-]C(=O)NCCCOCCNC([CH2-])=O.[W].[W]. The average Bonchev–Trinajstić information content (AvgIpc) is 2.08. The fourth-order valence-corrected chi connectivity index (χ4v) is 0.767. The molecule has 0 aromatic heterocycles. The number of hydrogen-bond donors (Lipinski definition) is 2. The summed E-state index contributed by atoms with van der Waals surface area (Å²) in [6, 6.07) is 0. The van der Waals surface area contributed by atoms with E-state index in [-0.39, 0.29) is 53.9 Å². The molecule has 16 heavy (non-hydrogen) atoms. The molecule has 0 heterocycles. The van der Waals surface area contributed by atoms with Gasteiger partial charge in [-0.3, -0.25) is 0 Å². The third-order valence-corrected chi connectivity index (χ3v) is 1.36. The maximum absolute atomic E-state index is 10.3. The first-order chi connectivity index (χ1) is 6.63.